The lowest BCUT2D eigenvalue weighted by Gasteiger charge is -2.09. The SMILES string of the molecule is COCC(=O)NCc1cccc(C(C)N)c1. The molecule has 0 aromatic heterocycles. The van der Waals surface area contributed by atoms with Gasteiger partial charge < -0.3 is 15.8 Å². The maximum Gasteiger partial charge on any atom is 0.246 e. The second-order valence-electron chi connectivity index (χ2n) is 3.74. The zero-order chi connectivity index (χ0) is 12.0. The van der Waals surface area contributed by atoms with E-state index in [1.54, 1.807) is 0 Å². The van der Waals surface area contributed by atoms with Crippen molar-refractivity contribution in [3.63, 3.8) is 0 Å². The Balaban J connectivity index is 2.54. The summed E-state index contributed by atoms with van der Waals surface area (Å²) in [5, 5.41) is 2.76. The van der Waals surface area contributed by atoms with Crippen molar-refractivity contribution in [2.75, 3.05) is 13.7 Å². The molecule has 3 N–H and O–H groups in total. The van der Waals surface area contributed by atoms with Crippen molar-refractivity contribution in [1.29, 1.82) is 0 Å². The fourth-order valence-corrected chi connectivity index (χ4v) is 1.37. The summed E-state index contributed by atoms with van der Waals surface area (Å²) in [6.45, 7) is 2.53. The van der Waals surface area contributed by atoms with Crippen LogP contribution in [-0.4, -0.2) is 19.6 Å². The van der Waals surface area contributed by atoms with Crippen LogP contribution in [0.3, 0.4) is 0 Å². The third-order valence-corrected chi connectivity index (χ3v) is 2.24. The lowest BCUT2D eigenvalue weighted by Crippen LogP contribution is -2.26. The zero-order valence-corrected chi connectivity index (χ0v) is 9.69. The Kier molecular flexibility index (Phi) is 4.95. The van der Waals surface area contributed by atoms with Crippen LogP contribution in [0.25, 0.3) is 0 Å². The van der Waals surface area contributed by atoms with Crippen LogP contribution in [0, 0.1) is 0 Å². The maximum absolute atomic E-state index is 11.2. The summed E-state index contributed by atoms with van der Waals surface area (Å²) in [5.41, 5.74) is 7.89. The van der Waals surface area contributed by atoms with Crippen LogP contribution in [0.5, 0.6) is 0 Å². The predicted octanol–water partition coefficient (Wildman–Crippen LogP) is 0.969. The summed E-state index contributed by atoms with van der Waals surface area (Å²) in [6.07, 6.45) is 0. The van der Waals surface area contributed by atoms with Gasteiger partial charge in [-0.05, 0) is 18.1 Å². The highest BCUT2D eigenvalue weighted by atomic mass is 16.5. The molecule has 88 valence electrons. The number of carbonyl (C=O) groups excluding carboxylic acids is 1. The van der Waals surface area contributed by atoms with Gasteiger partial charge in [0.1, 0.15) is 6.61 Å². The molecule has 4 heteroatoms. The fraction of sp³-hybridized carbons (Fsp3) is 0.417. The topological polar surface area (TPSA) is 64.3 Å². The van der Waals surface area contributed by atoms with Gasteiger partial charge in [0.25, 0.3) is 0 Å². The summed E-state index contributed by atoms with van der Waals surface area (Å²) >= 11 is 0. The van der Waals surface area contributed by atoms with Gasteiger partial charge in [0.15, 0.2) is 0 Å². The monoisotopic (exact) mass is 222 g/mol. The molecule has 1 aromatic carbocycles. The third kappa shape index (κ3) is 4.00. The molecule has 1 rings (SSSR count). The van der Waals surface area contributed by atoms with E-state index in [1.807, 2.05) is 31.2 Å². The summed E-state index contributed by atoms with van der Waals surface area (Å²) < 4.78 is 4.72. The Bertz CT molecular complexity index is 351. The standard InChI is InChI=1S/C12H18N2O2/c1-9(13)11-5-3-4-10(6-11)7-14-12(15)8-16-2/h3-6,9H,7-8,13H2,1-2H3,(H,14,15). The molecule has 4 nitrogen and oxygen atoms in total. The molecule has 0 aliphatic heterocycles. The molecule has 16 heavy (non-hydrogen) atoms. The van der Waals surface area contributed by atoms with E-state index >= 15 is 0 Å². The van der Waals surface area contributed by atoms with Gasteiger partial charge in [-0.3, -0.25) is 4.79 Å². The first kappa shape index (κ1) is 12.7. The average Bonchev–Trinajstić information content (AvgIpc) is 2.27. The minimum absolute atomic E-state index is 0.00891. The first-order valence-electron chi connectivity index (χ1n) is 5.23. The van der Waals surface area contributed by atoms with Crippen LogP contribution in [0.2, 0.25) is 0 Å². The number of methoxy groups -OCH3 is 1. The van der Waals surface area contributed by atoms with E-state index in [4.69, 9.17) is 10.5 Å². The lowest BCUT2D eigenvalue weighted by atomic mass is 10.1. The van der Waals surface area contributed by atoms with E-state index in [9.17, 15) is 4.79 Å². The van der Waals surface area contributed by atoms with Crippen molar-refractivity contribution in [3.8, 4) is 0 Å². The Hall–Kier alpha value is -1.39. The molecule has 0 spiro atoms. The zero-order valence-electron chi connectivity index (χ0n) is 9.69. The minimum atomic E-state index is -0.117. The highest BCUT2D eigenvalue weighted by molar-refractivity contribution is 5.77. The van der Waals surface area contributed by atoms with Gasteiger partial charge in [0.2, 0.25) is 5.91 Å². The molecule has 0 saturated carbocycles. The molecule has 0 saturated heterocycles. The number of hydrogen-bond acceptors (Lipinski definition) is 3. The van der Waals surface area contributed by atoms with Gasteiger partial charge in [-0.2, -0.15) is 0 Å². The predicted molar refractivity (Wildman–Crippen MR) is 62.8 cm³/mol. The van der Waals surface area contributed by atoms with Gasteiger partial charge in [-0.15, -0.1) is 0 Å². The molecular formula is C12H18N2O2. The number of ether oxygens (including phenoxy) is 1. The van der Waals surface area contributed by atoms with E-state index in [0.717, 1.165) is 11.1 Å². The number of carbonyl (C=O) groups is 1. The number of hydrogen-bond donors (Lipinski definition) is 2. The third-order valence-electron chi connectivity index (χ3n) is 2.24. The Morgan fingerprint density at radius 2 is 2.31 bits per heavy atom. The van der Waals surface area contributed by atoms with E-state index in [1.165, 1.54) is 7.11 Å². The van der Waals surface area contributed by atoms with Crippen molar-refractivity contribution in [2.24, 2.45) is 5.73 Å². The molecule has 1 aromatic rings. The van der Waals surface area contributed by atoms with Crippen LogP contribution in [0.15, 0.2) is 24.3 Å². The van der Waals surface area contributed by atoms with Gasteiger partial charge in [-0.25, -0.2) is 0 Å². The number of nitrogens with two attached hydrogens (primary N) is 1. The van der Waals surface area contributed by atoms with Crippen LogP contribution in [0.4, 0.5) is 0 Å². The van der Waals surface area contributed by atoms with E-state index in [2.05, 4.69) is 5.32 Å². The van der Waals surface area contributed by atoms with Crippen LogP contribution in [-0.2, 0) is 16.1 Å². The molecule has 1 unspecified atom stereocenters. The highest BCUT2D eigenvalue weighted by Crippen LogP contribution is 2.11. The first-order chi connectivity index (χ1) is 7.63. The van der Waals surface area contributed by atoms with Gasteiger partial charge in [-0.1, -0.05) is 24.3 Å². The van der Waals surface area contributed by atoms with Crippen LogP contribution >= 0.6 is 0 Å². The smallest absolute Gasteiger partial charge is 0.246 e. The minimum Gasteiger partial charge on any atom is -0.375 e. The highest BCUT2D eigenvalue weighted by Gasteiger charge is 2.02. The summed E-state index contributed by atoms with van der Waals surface area (Å²) in [5.74, 6) is -0.117. The molecule has 1 atom stereocenters. The molecule has 0 bridgehead atoms. The summed E-state index contributed by atoms with van der Waals surface area (Å²) in [7, 11) is 1.50. The molecule has 0 aliphatic rings. The molecule has 1 amide bonds. The van der Waals surface area contributed by atoms with Crippen molar-refractivity contribution >= 4 is 5.91 Å². The van der Waals surface area contributed by atoms with Gasteiger partial charge in [0.05, 0.1) is 0 Å². The fourth-order valence-electron chi connectivity index (χ4n) is 1.37. The average molecular weight is 222 g/mol. The van der Waals surface area contributed by atoms with Crippen LogP contribution in [0.1, 0.15) is 24.1 Å². The number of amides is 1. The molecule has 0 aliphatic carbocycles. The largest absolute Gasteiger partial charge is 0.375 e. The molecular weight excluding hydrogens is 204 g/mol. The van der Waals surface area contributed by atoms with E-state index in [-0.39, 0.29) is 18.6 Å². The molecule has 0 fully saturated rings. The Labute approximate surface area is 95.8 Å². The van der Waals surface area contributed by atoms with Crippen molar-refractivity contribution in [3.05, 3.63) is 35.4 Å². The number of benzene rings is 1. The van der Waals surface area contributed by atoms with Crippen molar-refractivity contribution in [2.45, 2.75) is 19.5 Å². The summed E-state index contributed by atoms with van der Waals surface area (Å²) in [4.78, 5) is 11.2. The first-order valence-corrected chi connectivity index (χ1v) is 5.23. The normalized spacial score (nSPS) is 12.2. The molecule has 0 radical (unpaired) electrons. The van der Waals surface area contributed by atoms with E-state index in [0.29, 0.717) is 6.54 Å². The Morgan fingerprint density at radius 1 is 1.56 bits per heavy atom. The molecule has 0 heterocycles. The second-order valence-corrected chi connectivity index (χ2v) is 3.74. The van der Waals surface area contributed by atoms with Crippen molar-refractivity contribution in [1.82, 2.24) is 5.32 Å². The Morgan fingerprint density at radius 3 is 2.94 bits per heavy atom. The number of rotatable bonds is 5. The van der Waals surface area contributed by atoms with Gasteiger partial charge >= 0.3 is 0 Å². The summed E-state index contributed by atoms with van der Waals surface area (Å²) in [6, 6.07) is 7.88. The lowest BCUT2D eigenvalue weighted by molar-refractivity contribution is -0.124. The van der Waals surface area contributed by atoms with Gasteiger partial charge in [0, 0.05) is 19.7 Å². The number of nitrogens with one attached hydrogen (secondary N) is 1. The maximum atomic E-state index is 11.2. The quantitative estimate of drug-likeness (QED) is 0.780. The van der Waals surface area contributed by atoms with E-state index < -0.39 is 0 Å². The second kappa shape index (κ2) is 6.25. The van der Waals surface area contributed by atoms with Crippen LogP contribution < -0.4 is 11.1 Å². The van der Waals surface area contributed by atoms with Crippen molar-refractivity contribution < 1.29 is 9.53 Å².